The summed E-state index contributed by atoms with van der Waals surface area (Å²) < 4.78 is 5.06. The fraction of sp³-hybridized carbons (Fsp3) is 0.467. The molecule has 7 heteroatoms. The van der Waals surface area contributed by atoms with Gasteiger partial charge in [0.25, 0.3) is 0 Å². The van der Waals surface area contributed by atoms with Gasteiger partial charge in [0.05, 0.1) is 22.6 Å². The Kier molecular flexibility index (Phi) is 6.29. The highest BCUT2D eigenvalue weighted by Crippen LogP contribution is 2.26. The zero-order valence-electron chi connectivity index (χ0n) is 12.3. The van der Waals surface area contributed by atoms with E-state index in [1.54, 1.807) is 12.1 Å². The number of esters is 1. The van der Waals surface area contributed by atoms with Gasteiger partial charge in [0, 0.05) is 18.8 Å². The first-order valence-corrected chi connectivity index (χ1v) is 8.35. The lowest BCUT2D eigenvalue weighted by molar-refractivity contribution is -0.149. The molecule has 1 aromatic rings. The molecule has 0 spiro atoms. The minimum absolute atomic E-state index is 0.0241. The second kappa shape index (κ2) is 7.99. The van der Waals surface area contributed by atoms with Crippen molar-refractivity contribution in [3.8, 4) is 0 Å². The number of nitrogens with one attached hydrogen (secondary N) is 1. The van der Waals surface area contributed by atoms with Crippen LogP contribution in [0.25, 0.3) is 0 Å². The van der Waals surface area contributed by atoms with Crippen molar-refractivity contribution in [1.29, 1.82) is 0 Å². The second-order valence-corrected chi connectivity index (χ2v) is 6.27. The molecule has 1 aliphatic heterocycles. The Balaban J connectivity index is 1.87. The fourth-order valence-corrected chi connectivity index (χ4v) is 2.95. The topological polar surface area (TPSA) is 41.6 Å². The molecule has 1 aromatic carbocycles. The summed E-state index contributed by atoms with van der Waals surface area (Å²) in [4.78, 5) is 13.8. The van der Waals surface area contributed by atoms with Gasteiger partial charge in [-0.1, -0.05) is 23.2 Å². The first-order valence-electron chi connectivity index (χ1n) is 7.19. The van der Waals surface area contributed by atoms with E-state index in [2.05, 4.69) is 5.32 Å². The van der Waals surface area contributed by atoms with Crippen LogP contribution in [0, 0.1) is 5.92 Å². The predicted octanol–water partition coefficient (Wildman–Crippen LogP) is 3.97. The molecule has 0 unspecified atom stereocenters. The Bertz CT molecular complexity index is 560. The summed E-state index contributed by atoms with van der Waals surface area (Å²) in [6.45, 7) is 3.72. The third-order valence-electron chi connectivity index (χ3n) is 3.57. The van der Waals surface area contributed by atoms with Crippen LogP contribution in [0.3, 0.4) is 0 Å². The molecule has 2 rings (SSSR count). The Hall–Kier alpha value is -1.04. The molecule has 1 saturated heterocycles. The Morgan fingerprint density at radius 3 is 2.64 bits per heavy atom. The smallest absolute Gasteiger partial charge is 0.309 e. The Morgan fingerprint density at radius 1 is 1.36 bits per heavy atom. The molecule has 1 heterocycles. The molecule has 0 bridgehead atoms. The lowest BCUT2D eigenvalue weighted by atomic mass is 9.97. The van der Waals surface area contributed by atoms with Crippen molar-refractivity contribution in [2.75, 3.05) is 25.0 Å². The van der Waals surface area contributed by atoms with Crippen LogP contribution in [0.1, 0.15) is 19.8 Å². The number of nitrogens with zero attached hydrogens (tertiary/aromatic N) is 1. The highest BCUT2D eigenvalue weighted by Gasteiger charge is 2.27. The van der Waals surface area contributed by atoms with E-state index < -0.39 is 0 Å². The van der Waals surface area contributed by atoms with E-state index in [1.807, 2.05) is 17.9 Å². The van der Waals surface area contributed by atoms with Crippen molar-refractivity contribution in [3.63, 3.8) is 0 Å². The van der Waals surface area contributed by atoms with Gasteiger partial charge in [-0.15, -0.1) is 0 Å². The van der Waals surface area contributed by atoms with Gasteiger partial charge in [0.1, 0.15) is 0 Å². The molecule has 1 aliphatic rings. The largest absolute Gasteiger partial charge is 0.466 e. The van der Waals surface area contributed by atoms with Gasteiger partial charge in [0.15, 0.2) is 5.11 Å². The van der Waals surface area contributed by atoms with Gasteiger partial charge in [-0.3, -0.25) is 4.79 Å². The van der Waals surface area contributed by atoms with E-state index in [4.69, 9.17) is 40.2 Å². The third kappa shape index (κ3) is 4.48. The van der Waals surface area contributed by atoms with E-state index in [1.165, 1.54) is 0 Å². The van der Waals surface area contributed by atoms with Crippen LogP contribution in [0.4, 0.5) is 5.69 Å². The highest BCUT2D eigenvalue weighted by molar-refractivity contribution is 7.80. The van der Waals surface area contributed by atoms with Crippen molar-refractivity contribution in [2.24, 2.45) is 5.92 Å². The zero-order valence-corrected chi connectivity index (χ0v) is 14.6. The molecule has 1 fully saturated rings. The summed E-state index contributed by atoms with van der Waals surface area (Å²) in [6.07, 6.45) is 1.50. The van der Waals surface area contributed by atoms with E-state index >= 15 is 0 Å². The van der Waals surface area contributed by atoms with Crippen LogP contribution < -0.4 is 5.32 Å². The van der Waals surface area contributed by atoms with Crippen LogP contribution >= 0.6 is 35.4 Å². The molecular formula is C15H18Cl2N2O2S. The average molecular weight is 361 g/mol. The van der Waals surface area contributed by atoms with Crippen LogP contribution in [0.5, 0.6) is 0 Å². The number of hydrogen-bond acceptors (Lipinski definition) is 3. The number of ether oxygens (including phenoxy) is 1. The van der Waals surface area contributed by atoms with Gasteiger partial charge in [-0.05, 0) is 50.2 Å². The molecule has 0 saturated carbocycles. The van der Waals surface area contributed by atoms with E-state index in [-0.39, 0.29) is 11.9 Å². The summed E-state index contributed by atoms with van der Waals surface area (Å²) in [6, 6.07) is 5.29. The average Bonchev–Trinajstić information content (AvgIpc) is 2.51. The second-order valence-electron chi connectivity index (χ2n) is 5.07. The van der Waals surface area contributed by atoms with Crippen molar-refractivity contribution in [2.45, 2.75) is 19.8 Å². The maximum atomic E-state index is 11.7. The quantitative estimate of drug-likeness (QED) is 0.652. The molecule has 4 nitrogen and oxygen atoms in total. The lowest BCUT2D eigenvalue weighted by Gasteiger charge is -2.32. The predicted molar refractivity (Wildman–Crippen MR) is 93.6 cm³/mol. The highest BCUT2D eigenvalue weighted by atomic mass is 35.5. The van der Waals surface area contributed by atoms with Gasteiger partial charge in [0.2, 0.25) is 0 Å². The van der Waals surface area contributed by atoms with Crippen LogP contribution in [-0.2, 0) is 9.53 Å². The number of piperidine rings is 1. The molecule has 0 atom stereocenters. The van der Waals surface area contributed by atoms with Crippen LogP contribution in [-0.4, -0.2) is 35.7 Å². The number of likely N-dealkylation sites (tertiary alicyclic amines) is 1. The van der Waals surface area contributed by atoms with Crippen molar-refractivity contribution < 1.29 is 9.53 Å². The minimum atomic E-state index is -0.106. The van der Waals surface area contributed by atoms with Gasteiger partial charge < -0.3 is 15.0 Å². The number of carbonyl (C=O) groups is 1. The summed E-state index contributed by atoms with van der Waals surface area (Å²) >= 11 is 17.3. The molecule has 0 amide bonds. The summed E-state index contributed by atoms with van der Waals surface area (Å²) in [5, 5.41) is 4.76. The molecule has 120 valence electrons. The Morgan fingerprint density at radius 2 is 2.05 bits per heavy atom. The fourth-order valence-electron chi connectivity index (χ4n) is 2.35. The summed E-state index contributed by atoms with van der Waals surface area (Å²) in [5.41, 5.74) is 0.798. The summed E-state index contributed by atoms with van der Waals surface area (Å²) in [5.74, 6) is -0.130. The monoisotopic (exact) mass is 360 g/mol. The first kappa shape index (κ1) is 17.3. The molecule has 1 N–H and O–H groups in total. The van der Waals surface area contributed by atoms with Crippen molar-refractivity contribution >= 4 is 52.2 Å². The maximum absolute atomic E-state index is 11.7. The number of rotatable bonds is 3. The molecule has 0 aromatic heterocycles. The molecule has 22 heavy (non-hydrogen) atoms. The van der Waals surface area contributed by atoms with E-state index in [0.717, 1.165) is 31.6 Å². The number of halogens is 2. The minimum Gasteiger partial charge on any atom is -0.466 e. The van der Waals surface area contributed by atoms with Crippen LogP contribution in [0.15, 0.2) is 18.2 Å². The summed E-state index contributed by atoms with van der Waals surface area (Å²) in [7, 11) is 0. The maximum Gasteiger partial charge on any atom is 0.309 e. The van der Waals surface area contributed by atoms with Gasteiger partial charge in [-0.25, -0.2) is 0 Å². The van der Waals surface area contributed by atoms with Gasteiger partial charge in [-0.2, -0.15) is 0 Å². The third-order valence-corrected chi connectivity index (χ3v) is 4.67. The number of anilines is 1. The molecule has 0 aliphatic carbocycles. The molecular weight excluding hydrogens is 343 g/mol. The van der Waals surface area contributed by atoms with Crippen molar-refractivity contribution in [1.82, 2.24) is 4.90 Å². The van der Waals surface area contributed by atoms with Crippen LogP contribution in [0.2, 0.25) is 10.0 Å². The zero-order chi connectivity index (χ0) is 16.1. The number of carbonyl (C=O) groups excluding carboxylic acids is 1. The number of benzene rings is 1. The van der Waals surface area contributed by atoms with Gasteiger partial charge >= 0.3 is 5.97 Å². The van der Waals surface area contributed by atoms with E-state index in [0.29, 0.717) is 21.8 Å². The first-order chi connectivity index (χ1) is 10.5. The molecule has 0 radical (unpaired) electrons. The number of thiocarbonyl (C=S) groups is 1. The Labute approximate surface area is 145 Å². The van der Waals surface area contributed by atoms with Crippen molar-refractivity contribution in [3.05, 3.63) is 28.2 Å². The standard InChI is InChI=1S/C15H18Cl2N2O2S/c1-2-21-14(20)10-5-7-19(8-6-10)15(22)18-11-3-4-12(16)13(17)9-11/h3-4,9-10H,2,5-8H2,1H3,(H,18,22). The van der Waals surface area contributed by atoms with E-state index in [9.17, 15) is 4.79 Å². The lowest BCUT2D eigenvalue weighted by Crippen LogP contribution is -2.42. The normalized spacial score (nSPS) is 15.5. The number of hydrogen-bond donors (Lipinski definition) is 1. The SMILES string of the molecule is CCOC(=O)C1CCN(C(=S)Nc2ccc(Cl)c(Cl)c2)CC1.